The van der Waals surface area contributed by atoms with Crippen LogP contribution in [0, 0.1) is 0 Å². The van der Waals surface area contributed by atoms with E-state index in [9.17, 15) is 24.6 Å². The van der Waals surface area contributed by atoms with Crippen molar-refractivity contribution < 1.29 is 30.0 Å². The van der Waals surface area contributed by atoms with E-state index in [1.165, 1.54) is 0 Å². The van der Waals surface area contributed by atoms with E-state index in [0.29, 0.717) is 0 Å². The van der Waals surface area contributed by atoms with Gasteiger partial charge in [0.1, 0.15) is 18.3 Å². The molecule has 5 N–H and O–H groups in total. The molecule has 1 aliphatic heterocycles. The third kappa shape index (κ3) is 2.60. The quantitative estimate of drug-likeness (QED) is 0.373. The molecule has 10 heteroatoms. The Kier molecular flexibility index (Phi) is 4.28. The smallest absolute Gasteiger partial charge is 0.335 e. The number of aliphatic carboxylic acids is 1. The Bertz CT molecular complexity index is 721. The number of carboxylic acid groups (broad SMARTS) is 1. The summed E-state index contributed by atoms with van der Waals surface area (Å²) in [5.74, 6) is -1.46. The van der Waals surface area contributed by atoms with E-state index < -0.39 is 59.5 Å². The Morgan fingerprint density at radius 3 is 2.50 bits per heavy atom. The fourth-order valence-electron chi connectivity index (χ4n) is 2.11. The maximum Gasteiger partial charge on any atom is 0.335 e. The van der Waals surface area contributed by atoms with Crippen LogP contribution >= 0.6 is 0 Å². The lowest BCUT2D eigenvalue weighted by Gasteiger charge is -2.17. The molecule has 1 aromatic heterocycles. The Balaban J connectivity index is 2.51. The van der Waals surface area contributed by atoms with Crippen LogP contribution in [0.15, 0.2) is 22.4 Å². The molecule has 1 aliphatic rings. The summed E-state index contributed by atoms with van der Waals surface area (Å²) in [6.07, 6.45) is -4.63. The van der Waals surface area contributed by atoms with Gasteiger partial charge in [-0.05, 0) is 0 Å². The van der Waals surface area contributed by atoms with Crippen molar-refractivity contribution in [3.05, 3.63) is 39.2 Å². The summed E-state index contributed by atoms with van der Waals surface area (Å²) in [6, 6.07) is 0. The van der Waals surface area contributed by atoms with E-state index in [1.807, 2.05) is 4.98 Å². The van der Waals surface area contributed by atoms with Gasteiger partial charge in [0.05, 0.1) is 17.7 Å². The lowest BCUT2D eigenvalue weighted by molar-refractivity contribution is -0.130. The summed E-state index contributed by atoms with van der Waals surface area (Å²) in [4.78, 5) is 36.2. The van der Waals surface area contributed by atoms with Crippen LogP contribution in [0.3, 0.4) is 0 Å². The van der Waals surface area contributed by atoms with Crippen LogP contribution in [-0.4, -0.2) is 60.9 Å². The van der Waals surface area contributed by atoms with Crippen molar-refractivity contribution in [3.63, 3.8) is 0 Å². The molecule has 4 atom stereocenters. The van der Waals surface area contributed by atoms with Crippen LogP contribution in [0.5, 0.6) is 0 Å². The first-order valence-electron chi connectivity index (χ1n) is 6.18. The fraction of sp³-hybridized carbons (Fsp3) is 0.417. The molecule has 10 nitrogen and oxygen atoms in total. The van der Waals surface area contributed by atoms with Gasteiger partial charge in [0.15, 0.2) is 6.23 Å². The summed E-state index contributed by atoms with van der Waals surface area (Å²) in [6.45, 7) is 2.62. The average Bonchev–Trinajstić information content (AvgIpc) is 2.74. The SMILES string of the molecule is C=C(C(=O)O)c1cn([C@@H]2O[C@H](CO)[C@@H](O)[C@H]2O)c(=O)[nH]c1=O. The van der Waals surface area contributed by atoms with Gasteiger partial charge in [-0.25, -0.2) is 9.59 Å². The van der Waals surface area contributed by atoms with E-state index in [1.54, 1.807) is 0 Å². The summed E-state index contributed by atoms with van der Waals surface area (Å²) >= 11 is 0. The molecule has 2 heterocycles. The van der Waals surface area contributed by atoms with Crippen LogP contribution in [0.4, 0.5) is 0 Å². The molecule has 0 saturated carbocycles. The first-order chi connectivity index (χ1) is 10.3. The fourth-order valence-corrected chi connectivity index (χ4v) is 2.11. The number of H-pyrrole nitrogens is 1. The number of carboxylic acids is 1. The van der Waals surface area contributed by atoms with E-state index in [4.69, 9.17) is 14.9 Å². The molecule has 1 saturated heterocycles. The number of rotatable bonds is 4. The van der Waals surface area contributed by atoms with Crippen molar-refractivity contribution in [2.45, 2.75) is 24.5 Å². The van der Waals surface area contributed by atoms with E-state index in [0.717, 1.165) is 10.8 Å². The minimum atomic E-state index is -1.55. The number of nitrogens with one attached hydrogen (secondary N) is 1. The maximum absolute atomic E-state index is 11.8. The highest BCUT2D eigenvalue weighted by molar-refractivity contribution is 6.14. The number of hydrogen-bond donors (Lipinski definition) is 5. The average molecular weight is 314 g/mol. The van der Waals surface area contributed by atoms with Gasteiger partial charge in [0, 0.05) is 6.20 Å². The van der Waals surface area contributed by atoms with Gasteiger partial charge >= 0.3 is 11.7 Å². The van der Waals surface area contributed by atoms with Crippen molar-refractivity contribution in [3.8, 4) is 0 Å². The number of aliphatic hydroxyl groups is 3. The van der Waals surface area contributed by atoms with E-state index >= 15 is 0 Å². The van der Waals surface area contributed by atoms with Gasteiger partial charge in [0.25, 0.3) is 5.56 Å². The number of hydrogen-bond acceptors (Lipinski definition) is 7. The summed E-state index contributed by atoms with van der Waals surface area (Å²) < 4.78 is 5.88. The molecule has 0 bridgehead atoms. The molecule has 120 valence electrons. The van der Waals surface area contributed by atoms with Gasteiger partial charge in [0.2, 0.25) is 0 Å². The second-order valence-electron chi connectivity index (χ2n) is 4.72. The Morgan fingerprint density at radius 1 is 1.36 bits per heavy atom. The largest absolute Gasteiger partial charge is 0.478 e. The number of carbonyl (C=O) groups is 1. The van der Waals surface area contributed by atoms with Crippen molar-refractivity contribution in [2.24, 2.45) is 0 Å². The molecule has 0 spiro atoms. The topological polar surface area (TPSA) is 162 Å². The zero-order valence-corrected chi connectivity index (χ0v) is 11.2. The number of ether oxygens (including phenoxy) is 1. The van der Waals surface area contributed by atoms with Crippen molar-refractivity contribution >= 4 is 11.5 Å². The number of aromatic nitrogens is 2. The first-order valence-corrected chi connectivity index (χ1v) is 6.18. The van der Waals surface area contributed by atoms with Crippen molar-refractivity contribution in [2.75, 3.05) is 6.61 Å². The predicted octanol–water partition coefficient (Wildman–Crippen LogP) is -2.75. The van der Waals surface area contributed by atoms with Crippen LogP contribution in [0.25, 0.3) is 5.57 Å². The monoisotopic (exact) mass is 314 g/mol. The standard InChI is InChI=1S/C12H14N2O8/c1-4(11(19)20)5-2-14(12(21)13-9(5)18)10-8(17)7(16)6(3-15)22-10/h2,6-8,10,15-17H,1,3H2,(H,19,20)(H,13,18,21)/t6-,7-,8-,10-/m1/s1. The summed E-state index contributed by atoms with van der Waals surface area (Å²) in [5.41, 5.74) is -2.88. The van der Waals surface area contributed by atoms with E-state index in [-0.39, 0.29) is 0 Å². The Labute approximate surface area is 122 Å². The Hall–Kier alpha value is -2.27. The summed E-state index contributed by atoms with van der Waals surface area (Å²) in [5, 5.41) is 37.4. The number of nitrogens with zero attached hydrogens (tertiary/aromatic N) is 1. The normalized spacial score (nSPS) is 27.8. The molecule has 0 aliphatic carbocycles. The highest BCUT2D eigenvalue weighted by Gasteiger charge is 2.43. The third-order valence-corrected chi connectivity index (χ3v) is 3.34. The Morgan fingerprint density at radius 2 is 2.00 bits per heavy atom. The minimum absolute atomic E-state index is 0.398. The highest BCUT2D eigenvalue weighted by Crippen LogP contribution is 2.28. The van der Waals surface area contributed by atoms with E-state index in [2.05, 4.69) is 6.58 Å². The minimum Gasteiger partial charge on any atom is -0.478 e. The first kappa shape index (κ1) is 16.1. The maximum atomic E-state index is 11.8. The van der Waals surface area contributed by atoms with Crippen LogP contribution < -0.4 is 11.2 Å². The molecular formula is C12H14N2O8. The number of aliphatic hydroxyl groups excluding tert-OH is 3. The lowest BCUT2D eigenvalue weighted by Crippen LogP contribution is -2.39. The molecule has 2 rings (SSSR count). The highest BCUT2D eigenvalue weighted by atomic mass is 16.6. The van der Waals surface area contributed by atoms with Gasteiger partial charge in [-0.2, -0.15) is 0 Å². The van der Waals surface area contributed by atoms with Gasteiger partial charge < -0.3 is 25.2 Å². The molecule has 0 aromatic carbocycles. The van der Waals surface area contributed by atoms with Crippen LogP contribution in [0.1, 0.15) is 11.8 Å². The van der Waals surface area contributed by atoms with Crippen LogP contribution in [0.2, 0.25) is 0 Å². The predicted molar refractivity (Wildman–Crippen MR) is 71.0 cm³/mol. The second-order valence-corrected chi connectivity index (χ2v) is 4.72. The molecule has 0 unspecified atom stereocenters. The molecule has 22 heavy (non-hydrogen) atoms. The molecule has 1 fully saturated rings. The number of aromatic amines is 1. The summed E-state index contributed by atoms with van der Waals surface area (Å²) in [7, 11) is 0. The van der Waals surface area contributed by atoms with Crippen molar-refractivity contribution in [1.29, 1.82) is 0 Å². The zero-order valence-electron chi connectivity index (χ0n) is 11.2. The third-order valence-electron chi connectivity index (χ3n) is 3.34. The van der Waals surface area contributed by atoms with Crippen molar-refractivity contribution in [1.82, 2.24) is 9.55 Å². The van der Waals surface area contributed by atoms with Gasteiger partial charge in [-0.15, -0.1) is 0 Å². The van der Waals surface area contributed by atoms with Gasteiger partial charge in [-0.1, -0.05) is 6.58 Å². The molecule has 0 amide bonds. The van der Waals surface area contributed by atoms with Gasteiger partial charge in [-0.3, -0.25) is 14.3 Å². The second kappa shape index (κ2) is 5.85. The van der Waals surface area contributed by atoms with Crippen LogP contribution in [-0.2, 0) is 9.53 Å². The molecular weight excluding hydrogens is 300 g/mol. The lowest BCUT2D eigenvalue weighted by atomic mass is 10.1. The molecule has 1 aromatic rings. The molecule has 0 radical (unpaired) electrons. The zero-order chi connectivity index (χ0) is 16.6.